The van der Waals surface area contributed by atoms with Crippen molar-refractivity contribution in [2.45, 2.75) is 19.9 Å². The number of aromatic nitrogens is 3. The molecule has 19 heavy (non-hydrogen) atoms. The average Bonchev–Trinajstić information content (AvgIpc) is 2.80. The van der Waals surface area contributed by atoms with Crippen molar-refractivity contribution in [1.29, 1.82) is 5.26 Å². The third kappa shape index (κ3) is 1.90. The highest BCUT2D eigenvalue weighted by atomic mass is 32.1. The molecule has 0 aliphatic carbocycles. The zero-order valence-corrected chi connectivity index (χ0v) is 11.1. The van der Waals surface area contributed by atoms with Crippen LogP contribution in [0.4, 0.5) is 5.00 Å². The predicted molar refractivity (Wildman–Crippen MR) is 71.2 cm³/mol. The molecule has 96 valence electrons. The number of fused-ring (bicyclic) bond motifs is 1. The number of nitrogens with zero attached hydrogens (tertiary/aromatic N) is 4. The van der Waals surface area contributed by atoms with Crippen molar-refractivity contribution < 1.29 is 0 Å². The second kappa shape index (κ2) is 4.48. The molecule has 3 heterocycles. The predicted octanol–water partition coefficient (Wildman–Crippen LogP) is 0.969. The standard InChI is InChI=1S/C12H11N5OS/c1-7-8(4-13)12(19-16-7)17-3-2-10-9(5-17)11(18)15-6-14-10/h6H,2-3,5H2,1H3,(H,14,15,18). The maximum Gasteiger partial charge on any atom is 0.255 e. The van der Waals surface area contributed by atoms with Crippen LogP contribution in [0.1, 0.15) is 22.5 Å². The summed E-state index contributed by atoms with van der Waals surface area (Å²) >= 11 is 1.31. The minimum atomic E-state index is -0.102. The molecule has 0 atom stereocenters. The van der Waals surface area contributed by atoms with Crippen molar-refractivity contribution >= 4 is 16.5 Å². The summed E-state index contributed by atoms with van der Waals surface area (Å²) < 4.78 is 4.22. The Morgan fingerprint density at radius 2 is 2.42 bits per heavy atom. The largest absolute Gasteiger partial charge is 0.356 e. The highest BCUT2D eigenvalue weighted by molar-refractivity contribution is 7.10. The van der Waals surface area contributed by atoms with Crippen LogP contribution in [-0.2, 0) is 13.0 Å². The molecule has 1 N–H and O–H groups in total. The highest BCUT2D eigenvalue weighted by Gasteiger charge is 2.24. The van der Waals surface area contributed by atoms with Gasteiger partial charge in [0.05, 0.1) is 29.8 Å². The van der Waals surface area contributed by atoms with E-state index in [2.05, 4.69) is 20.4 Å². The number of nitrogens with one attached hydrogen (secondary N) is 1. The zero-order chi connectivity index (χ0) is 13.4. The molecule has 0 amide bonds. The molecule has 2 aromatic heterocycles. The minimum Gasteiger partial charge on any atom is -0.356 e. The third-order valence-corrected chi connectivity index (χ3v) is 4.25. The second-order valence-electron chi connectivity index (χ2n) is 4.39. The molecule has 0 bridgehead atoms. The lowest BCUT2D eigenvalue weighted by atomic mass is 10.1. The first-order chi connectivity index (χ1) is 9.20. The Hall–Kier alpha value is -2.20. The van der Waals surface area contributed by atoms with Crippen molar-refractivity contribution in [2.75, 3.05) is 11.4 Å². The Bertz CT molecular complexity index is 726. The summed E-state index contributed by atoms with van der Waals surface area (Å²) in [6, 6.07) is 2.18. The molecule has 1 aliphatic rings. The summed E-state index contributed by atoms with van der Waals surface area (Å²) in [4.78, 5) is 20.6. The van der Waals surface area contributed by atoms with Gasteiger partial charge in [-0.2, -0.15) is 9.64 Å². The fourth-order valence-electron chi connectivity index (χ4n) is 2.23. The van der Waals surface area contributed by atoms with Gasteiger partial charge in [0.2, 0.25) is 0 Å². The van der Waals surface area contributed by atoms with Crippen molar-refractivity contribution in [3.63, 3.8) is 0 Å². The molecule has 0 spiro atoms. The fourth-order valence-corrected chi connectivity index (χ4v) is 3.10. The number of hydrogen-bond donors (Lipinski definition) is 1. The Morgan fingerprint density at radius 1 is 1.58 bits per heavy atom. The topological polar surface area (TPSA) is 85.7 Å². The molecule has 6 nitrogen and oxygen atoms in total. The summed E-state index contributed by atoms with van der Waals surface area (Å²) in [6.07, 6.45) is 2.15. The normalized spacial score (nSPS) is 14.0. The van der Waals surface area contributed by atoms with Crippen LogP contribution in [0.2, 0.25) is 0 Å². The quantitative estimate of drug-likeness (QED) is 0.836. The Morgan fingerprint density at radius 3 is 3.21 bits per heavy atom. The smallest absolute Gasteiger partial charge is 0.255 e. The first-order valence-corrected chi connectivity index (χ1v) is 6.65. The molecular weight excluding hydrogens is 262 g/mol. The van der Waals surface area contributed by atoms with E-state index in [9.17, 15) is 10.1 Å². The SMILES string of the molecule is Cc1nsc(N2CCc3nc[nH]c(=O)c3C2)c1C#N. The maximum absolute atomic E-state index is 11.8. The van der Waals surface area contributed by atoms with E-state index in [4.69, 9.17) is 0 Å². The van der Waals surface area contributed by atoms with Crippen LogP contribution < -0.4 is 10.5 Å². The molecule has 3 rings (SSSR count). The second-order valence-corrected chi connectivity index (χ2v) is 5.14. The molecule has 0 fully saturated rings. The zero-order valence-electron chi connectivity index (χ0n) is 10.3. The van der Waals surface area contributed by atoms with Crippen LogP contribution >= 0.6 is 11.5 Å². The summed E-state index contributed by atoms with van der Waals surface area (Å²) in [6.45, 7) is 3.05. The molecule has 0 saturated heterocycles. The first kappa shape index (κ1) is 11.9. The first-order valence-electron chi connectivity index (χ1n) is 5.87. The lowest BCUT2D eigenvalue weighted by Gasteiger charge is -2.27. The van der Waals surface area contributed by atoms with Gasteiger partial charge in [-0.1, -0.05) is 0 Å². The van der Waals surface area contributed by atoms with Gasteiger partial charge in [-0.15, -0.1) is 0 Å². The van der Waals surface area contributed by atoms with Crippen LogP contribution in [0.15, 0.2) is 11.1 Å². The van der Waals surface area contributed by atoms with Gasteiger partial charge < -0.3 is 9.88 Å². The van der Waals surface area contributed by atoms with Crippen LogP contribution in [0.5, 0.6) is 0 Å². The number of H-pyrrole nitrogens is 1. The fraction of sp³-hybridized carbons (Fsp3) is 0.333. The van der Waals surface area contributed by atoms with Crippen molar-refractivity contribution in [3.8, 4) is 6.07 Å². The van der Waals surface area contributed by atoms with Gasteiger partial charge in [0, 0.05) is 13.0 Å². The number of aromatic amines is 1. The summed E-state index contributed by atoms with van der Waals surface area (Å²) in [5.74, 6) is 0. The van der Waals surface area contributed by atoms with Crippen LogP contribution in [0.3, 0.4) is 0 Å². The number of hydrogen-bond acceptors (Lipinski definition) is 6. The Kier molecular flexibility index (Phi) is 2.80. The summed E-state index contributed by atoms with van der Waals surface area (Å²) in [5, 5.41) is 10.0. The monoisotopic (exact) mass is 273 g/mol. The van der Waals surface area contributed by atoms with E-state index in [0.717, 1.165) is 22.9 Å². The van der Waals surface area contributed by atoms with E-state index in [-0.39, 0.29) is 5.56 Å². The molecule has 7 heteroatoms. The minimum absolute atomic E-state index is 0.102. The Labute approximate surface area is 113 Å². The number of anilines is 1. The molecule has 2 aromatic rings. The highest BCUT2D eigenvalue weighted by Crippen LogP contribution is 2.30. The van der Waals surface area contributed by atoms with E-state index in [1.165, 1.54) is 17.9 Å². The number of nitriles is 1. The number of aryl methyl sites for hydroxylation is 1. The molecule has 0 saturated carbocycles. The lowest BCUT2D eigenvalue weighted by Crippen LogP contribution is -2.35. The van der Waals surface area contributed by atoms with Crippen LogP contribution in [0, 0.1) is 18.3 Å². The summed E-state index contributed by atoms with van der Waals surface area (Å²) in [5.41, 5.74) is 2.78. The van der Waals surface area contributed by atoms with E-state index >= 15 is 0 Å². The molecule has 1 aliphatic heterocycles. The van der Waals surface area contributed by atoms with Gasteiger partial charge in [0.1, 0.15) is 16.6 Å². The van der Waals surface area contributed by atoms with Gasteiger partial charge in [-0.3, -0.25) is 4.79 Å². The van der Waals surface area contributed by atoms with Gasteiger partial charge in [0.15, 0.2) is 0 Å². The van der Waals surface area contributed by atoms with E-state index in [1.807, 2.05) is 11.8 Å². The van der Waals surface area contributed by atoms with Crippen molar-refractivity contribution in [2.24, 2.45) is 0 Å². The molecule has 0 aromatic carbocycles. The lowest BCUT2D eigenvalue weighted by molar-refractivity contribution is 0.701. The van der Waals surface area contributed by atoms with Gasteiger partial charge >= 0.3 is 0 Å². The molecule has 0 radical (unpaired) electrons. The maximum atomic E-state index is 11.8. The third-order valence-electron chi connectivity index (χ3n) is 3.25. The number of rotatable bonds is 1. The Balaban J connectivity index is 2.00. The van der Waals surface area contributed by atoms with Gasteiger partial charge in [-0.05, 0) is 18.5 Å². The molecule has 0 unspecified atom stereocenters. The summed E-state index contributed by atoms with van der Waals surface area (Å²) in [7, 11) is 0. The van der Waals surface area contributed by atoms with E-state index < -0.39 is 0 Å². The van der Waals surface area contributed by atoms with E-state index in [1.54, 1.807) is 0 Å². The molecular formula is C12H11N5OS. The average molecular weight is 273 g/mol. The van der Waals surface area contributed by atoms with Crippen LogP contribution in [-0.4, -0.2) is 20.9 Å². The van der Waals surface area contributed by atoms with Gasteiger partial charge in [0.25, 0.3) is 5.56 Å². The van der Waals surface area contributed by atoms with Gasteiger partial charge in [-0.25, -0.2) is 4.98 Å². The van der Waals surface area contributed by atoms with Crippen LogP contribution in [0.25, 0.3) is 0 Å². The van der Waals surface area contributed by atoms with Crippen molar-refractivity contribution in [1.82, 2.24) is 14.3 Å². The van der Waals surface area contributed by atoms with E-state index in [0.29, 0.717) is 24.1 Å². The van der Waals surface area contributed by atoms with Crippen molar-refractivity contribution in [3.05, 3.63) is 39.2 Å².